The molecule has 0 atom stereocenters. The minimum Gasteiger partial charge on any atom is -0.491 e. The van der Waals surface area contributed by atoms with Crippen molar-refractivity contribution >= 4 is 17.4 Å². The van der Waals surface area contributed by atoms with Gasteiger partial charge in [0.1, 0.15) is 17.4 Å². The minimum absolute atomic E-state index is 0.539. The van der Waals surface area contributed by atoms with Gasteiger partial charge in [0.25, 0.3) is 0 Å². The molecule has 0 spiro atoms. The number of hydrogen-bond acceptors (Lipinski definition) is 6. The van der Waals surface area contributed by atoms with Gasteiger partial charge in [-0.2, -0.15) is 5.10 Å². The third kappa shape index (κ3) is 5.72. The average molecular weight is 415 g/mol. The smallest absolute Gasteiger partial charge is 0.154 e. The molecule has 1 aromatic carbocycles. The number of nitrogens with zero attached hydrogens (tertiary/aromatic N) is 4. The maximum absolute atomic E-state index is 5.68. The van der Waals surface area contributed by atoms with Gasteiger partial charge in [0.15, 0.2) is 5.65 Å². The van der Waals surface area contributed by atoms with E-state index in [1.807, 2.05) is 16.6 Å². The second-order valence-corrected chi connectivity index (χ2v) is 8.70. The SMILES string of the molecule is COCCOc1ccc(-c2nc3ccc(SCC(C)C)nn3c2CN(C)C)cc1. The zero-order chi connectivity index (χ0) is 20.8. The highest BCUT2D eigenvalue weighted by atomic mass is 32.2. The molecule has 156 valence electrons. The van der Waals surface area contributed by atoms with Crippen LogP contribution in [0.1, 0.15) is 19.5 Å². The predicted molar refractivity (Wildman–Crippen MR) is 119 cm³/mol. The van der Waals surface area contributed by atoms with E-state index in [1.54, 1.807) is 18.9 Å². The molecule has 6 nitrogen and oxygen atoms in total. The number of benzene rings is 1. The predicted octanol–water partition coefficient (Wildman–Crippen LogP) is 4.23. The number of imidazole rings is 1. The maximum atomic E-state index is 5.68. The van der Waals surface area contributed by atoms with E-state index >= 15 is 0 Å². The van der Waals surface area contributed by atoms with Crippen molar-refractivity contribution in [3.05, 3.63) is 42.1 Å². The zero-order valence-corrected chi connectivity index (χ0v) is 18.7. The number of methoxy groups -OCH3 is 1. The number of thioether (sulfide) groups is 1. The Morgan fingerprint density at radius 3 is 2.48 bits per heavy atom. The number of hydrogen-bond donors (Lipinski definition) is 0. The van der Waals surface area contributed by atoms with Gasteiger partial charge in [0.2, 0.25) is 0 Å². The standard InChI is InChI=1S/C22H30N4O2S/c1-16(2)15-29-21-11-10-20-23-22(19(14-25(3)4)26(20)24-21)17-6-8-18(9-7-17)28-13-12-27-5/h6-11,16H,12-15H2,1-5H3. The monoisotopic (exact) mass is 414 g/mol. The summed E-state index contributed by atoms with van der Waals surface area (Å²) in [5.74, 6) is 2.50. The summed E-state index contributed by atoms with van der Waals surface area (Å²) in [7, 11) is 5.80. The average Bonchev–Trinajstić information content (AvgIpc) is 3.04. The minimum atomic E-state index is 0.539. The van der Waals surface area contributed by atoms with Crippen LogP contribution < -0.4 is 4.74 Å². The molecule has 3 aromatic rings. The molecule has 0 aliphatic rings. The van der Waals surface area contributed by atoms with Gasteiger partial charge in [-0.3, -0.25) is 0 Å². The van der Waals surface area contributed by atoms with Crippen LogP contribution in [0.25, 0.3) is 16.9 Å². The number of ether oxygens (including phenoxy) is 2. The van der Waals surface area contributed by atoms with Gasteiger partial charge in [-0.05, 0) is 56.4 Å². The highest BCUT2D eigenvalue weighted by molar-refractivity contribution is 7.99. The summed E-state index contributed by atoms with van der Waals surface area (Å²) in [5, 5.41) is 5.89. The topological polar surface area (TPSA) is 51.9 Å². The fraction of sp³-hybridized carbons (Fsp3) is 0.455. The first-order chi connectivity index (χ1) is 14.0. The molecule has 29 heavy (non-hydrogen) atoms. The van der Waals surface area contributed by atoms with Crippen molar-refractivity contribution in [3.8, 4) is 17.0 Å². The van der Waals surface area contributed by atoms with Gasteiger partial charge < -0.3 is 14.4 Å². The van der Waals surface area contributed by atoms with Crippen LogP contribution in [0.3, 0.4) is 0 Å². The van der Waals surface area contributed by atoms with Gasteiger partial charge in [-0.25, -0.2) is 9.50 Å². The maximum Gasteiger partial charge on any atom is 0.154 e. The molecule has 0 aliphatic heterocycles. The van der Waals surface area contributed by atoms with Gasteiger partial charge in [0.05, 0.1) is 18.0 Å². The molecule has 2 heterocycles. The van der Waals surface area contributed by atoms with Crippen molar-refractivity contribution in [2.75, 3.05) is 40.2 Å². The lowest BCUT2D eigenvalue weighted by molar-refractivity contribution is 0.146. The normalized spacial score (nSPS) is 11.7. The first-order valence-electron chi connectivity index (χ1n) is 9.86. The number of aromatic nitrogens is 3. The summed E-state index contributed by atoms with van der Waals surface area (Å²) in [5.41, 5.74) is 3.97. The van der Waals surface area contributed by atoms with Crippen molar-refractivity contribution in [1.82, 2.24) is 19.5 Å². The van der Waals surface area contributed by atoms with Crippen LogP contribution in [-0.2, 0) is 11.3 Å². The second kappa shape index (κ2) is 10.1. The Labute approximate surface area is 177 Å². The molecule has 3 rings (SSSR count). The summed E-state index contributed by atoms with van der Waals surface area (Å²) >= 11 is 1.79. The molecular formula is C22H30N4O2S. The highest BCUT2D eigenvalue weighted by Gasteiger charge is 2.16. The molecule has 0 bridgehead atoms. The van der Waals surface area contributed by atoms with Crippen molar-refractivity contribution in [1.29, 1.82) is 0 Å². The Morgan fingerprint density at radius 1 is 1.07 bits per heavy atom. The van der Waals surface area contributed by atoms with E-state index in [4.69, 9.17) is 19.6 Å². The molecule has 2 aromatic heterocycles. The second-order valence-electron chi connectivity index (χ2n) is 7.66. The van der Waals surface area contributed by atoms with Crippen molar-refractivity contribution in [2.45, 2.75) is 25.4 Å². The Kier molecular flexibility index (Phi) is 7.52. The Balaban J connectivity index is 1.93. The van der Waals surface area contributed by atoms with Crippen molar-refractivity contribution in [3.63, 3.8) is 0 Å². The lowest BCUT2D eigenvalue weighted by Gasteiger charge is -2.12. The van der Waals surface area contributed by atoms with E-state index in [-0.39, 0.29) is 0 Å². The summed E-state index contributed by atoms with van der Waals surface area (Å²) < 4.78 is 12.7. The molecule has 0 radical (unpaired) electrons. The fourth-order valence-electron chi connectivity index (χ4n) is 2.92. The van der Waals surface area contributed by atoms with Gasteiger partial charge in [0, 0.05) is 25.0 Å². The van der Waals surface area contributed by atoms with Gasteiger partial charge in [-0.15, -0.1) is 11.8 Å². The lowest BCUT2D eigenvalue weighted by Crippen LogP contribution is -2.14. The number of rotatable bonds is 10. The quantitative estimate of drug-likeness (QED) is 0.365. The van der Waals surface area contributed by atoms with Crippen molar-refractivity contribution in [2.24, 2.45) is 5.92 Å². The molecule has 0 amide bonds. The van der Waals surface area contributed by atoms with Crippen LogP contribution in [0.15, 0.2) is 41.4 Å². The van der Waals surface area contributed by atoms with Gasteiger partial charge in [-0.1, -0.05) is 13.8 Å². The first-order valence-corrected chi connectivity index (χ1v) is 10.8. The lowest BCUT2D eigenvalue weighted by atomic mass is 10.1. The first kappa shape index (κ1) is 21.6. The summed E-state index contributed by atoms with van der Waals surface area (Å²) in [6, 6.07) is 12.2. The van der Waals surface area contributed by atoms with E-state index in [0.29, 0.717) is 19.1 Å². The highest BCUT2D eigenvalue weighted by Crippen LogP contribution is 2.28. The summed E-state index contributed by atoms with van der Waals surface area (Å²) in [6.45, 7) is 6.32. The molecule has 0 aliphatic carbocycles. The van der Waals surface area contributed by atoms with E-state index in [0.717, 1.165) is 45.7 Å². The van der Waals surface area contributed by atoms with Crippen LogP contribution in [-0.4, -0.2) is 59.7 Å². The largest absolute Gasteiger partial charge is 0.491 e. The van der Waals surface area contributed by atoms with E-state index in [2.05, 4.69) is 57.1 Å². The Bertz CT molecular complexity index is 922. The van der Waals surface area contributed by atoms with Crippen LogP contribution in [0.4, 0.5) is 0 Å². The van der Waals surface area contributed by atoms with Crippen LogP contribution in [0.5, 0.6) is 5.75 Å². The van der Waals surface area contributed by atoms with Crippen LogP contribution in [0, 0.1) is 5.92 Å². The molecule has 0 saturated heterocycles. The molecule has 0 N–H and O–H groups in total. The van der Waals surface area contributed by atoms with Crippen molar-refractivity contribution < 1.29 is 9.47 Å². The fourth-order valence-corrected chi connectivity index (χ4v) is 3.72. The van der Waals surface area contributed by atoms with Crippen LogP contribution >= 0.6 is 11.8 Å². The van der Waals surface area contributed by atoms with Crippen LogP contribution in [0.2, 0.25) is 0 Å². The third-order valence-corrected chi connectivity index (χ3v) is 5.61. The number of fused-ring (bicyclic) bond motifs is 1. The van der Waals surface area contributed by atoms with E-state index < -0.39 is 0 Å². The van der Waals surface area contributed by atoms with Gasteiger partial charge >= 0.3 is 0 Å². The van der Waals surface area contributed by atoms with E-state index in [1.165, 1.54) is 0 Å². The van der Waals surface area contributed by atoms with E-state index in [9.17, 15) is 0 Å². The third-order valence-electron chi connectivity index (χ3n) is 4.26. The Morgan fingerprint density at radius 2 is 1.83 bits per heavy atom. The summed E-state index contributed by atoms with van der Waals surface area (Å²) in [4.78, 5) is 7.02. The molecule has 0 fully saturated rings. The molecule has 0 unspecified atom stereocenters. The molecule has 0 saturated carbocycles. The molecule has 7 heteroatoms. The molecular weight excluding hydrogens is 384 g/mol. The summed E-state index contributed by atoms with van der Waals surface area (Å²) in [6.07, 6.45) is 0. The zero-order valence-electron chi connectivity index (χ0n) is 17.9. The Hall–Kier alpha value is -2.09.